The Morgan fingerprint density at radius 2 is 1.56 bits per heavy atom. The Morgan fingerprint density at radius 1 is 0.960 bits per heavy atom. The normalized spacial score (nSPS) is 13.1. The van der Waals surface area contributed by atoms with Crippen LogP contribution >= 0.6 is 0 Å². The Hall–Kier alpha value is -2.06. The number of sulfonamides is 1. The molecule has 2 rings (SSSR count). The molecule has 0 radical (unpaired) electrons. The van der Waals surface area contributed by atoms with E-state index in [1.165, 1.54) is 7.11 Å². The van der Waals surface area contributed by atoms with Gasteiger partial charge in [-0.2, -0.15) is 0 Å². The number of methoxy groups -OCH3 is 1. The average Bonchev–Trinajstić information content (AvgIpc) is 2.57. The summed E-state index contributed by atoms with van der Waals surface area (Å²) in [5, 5.41) is 0. The second-order valence-corrected chi connectivity index (χ2v) is 7.47. The molecule has 1 atom stereocenters. The Labute approximate surface area is 144 Å². The molecular formula is C17H18F3NO3S. The quantitative estimate of drug-likeness (QED) is 0.784. The van der Waals surface area contributed by atoms with E-state index in [0.717, 1.165) is 0 Å². The predicted octanol–water partition coefficient (Wildman–Crippen LogP) is 3.79. The summed E-state index contributed by atoms with van der Waals surface area (Å²) >= 11 is 0. The van der Waals surface area contributed by atoms with Crippen molar-refractivity contribution in [1.29, 1.82) is 0 Å². The lowest BCUT2D eigenvalue weighted by Crippen LogP contribution is -2.32. The number of hydrogen-bond acceptors (Lipinski definition) is 3. The number of hydrogen-bond donors (Lipinski definition) is 1. The molecule has 0 aromatic heterocycles. The lowest BCUT2D eigenvalue weighted by molar-refractivity contribution is 0.413. The van der Waals surface area contributed by atoms with Crippen molar-refractivity contribution in [3.05, 3.63) is 59.4 Å². The smallest absolute Gasteiger partial charge is 0.244 e. The molecule has 0 saturated carbocycles. The molecule has 136 valence electrons. The van der Waals surface area contributed by atoms with E-state index in [-0.39, 0.29) is 5.92 Å². The van der Waals surface area contributed by atoms with Crippen molar-refractivity contribution in [1.82, 2.24) is 4.72 Å². The van der Waals surface area contributed by atoms with Gasteiger partial charge in [0.2, 0.25) is 10.0 Å². The number of halogens is 3. The van der Waals surface area contributed by atoms with E-state index in [0.29, 0.717) is 23.4 Å². The summed E-state index contributed by atoms with van der Waals surface area (Å²) in [5.74, 6) is -4.61. The maximum Gasteiger partial charge on any atom is 0.244 e. The molecule has 0 aliphatic carbocycles. The summed E-state index contributed by atoms with van der Waals surface area (Å²) in [7, 11) is -2.90. The van der Waals surface area contributed by atoms with Crippen LogP contribution in [0.25, 0.3) is 0 Å². The molecule has 0 aliphatic heterocycles. The maximum absolute atomic E-state index is 13.9. The van der Waals surface area contributed by atoms with Crippen LogP contribution in [-0.2, 0) is 10.0 Å². The molecule has 0 amide bonds. The summed E-state index contributed by atoms with van der Waals surface area (Å²) < 4.78 is 72.6. The molecular weight excluding hydrogens is 355 g/mol. The van der Waals surface area contributed by atoms with Crippen LogP contribution in [0.15, 0.2) is 41.3 Å². The van der Waals surface area contributed by atoms with Gasteiger partial charge < -0.3 is 4.74 Å². The van der Waals surface area contributed by atoms with Gasteiger partial charge in [-0.3, -0.25) is 0 Å². The van der Waals surface area contributed by atoms with Gasteiger partial charge in [0.1, 0.15) is 10.6 Å². The average molecular weight is 373 g/mol. The highest BCUT2D eigenvalue weighted by molar-refractivity contribution is 7.89. The summed E-state index contributed by atoms with van der Waals surface area (Å²) in [5.41, 5.74) is 0.627. The Kier molecular flexibility index (Phi) is 5.74. The van der Waals surface area contributed by atoms with Crippen molar-refractivity contribution < 1.29 is 26.3 Å². The second-order valence-electron chi connectivity index (χ2n) is 5.79. The molecule has 2 aromatic rings. The van der Waals surface area contributed by atoms with Crippen molar-refractivity contribution in [2.75, 3.05) is 7.11 Å². The number of ether oxygens (including phenoxy) is 1. The zero-order valence-electron chi connectivity index (χ0n) is 13.9. The minimum atomic E-state index is -4.40. The van der Waals surface area contributed by atoms with Crippen molar-refractivity contribution in [2.24, 2.45) is 5.92 Å². The Bertz CT molecular complexity index is 852. The predicted molar refractivity (Wildman–Crippen MR) is 87.2 cm³/mol. The molecule has 2 aromatic carbocycles. The standard InChI is InChI=1S/C17H18F3NO3S/c1-10(2)17(11-4-6-12(24-3)7-5-11)21-25(22,23)14-9-8-13(18)15(19)16(14)20/h4-10,17,21H,1-3H3. The van der Waals surface area contributed by atoms with Crippen LogP contribution in [0.5, 0.6) is 5.75 Å². The van der Waals surface area contributed by atoms with Gasteiger partial charge in [-0.05, 0) is 35.7 Å². The highest BCUT2D eigenvalue weighted by atomic mass is 32.2. The van der Waals surface area contributed by atoms with E-state index in [2.05, 4.69) is 4.72 Å². The molecule has 1 N–H and O–H groups in total. The van der Waals surface area contributed by atoms with Gasteiger partial charge in [-0.15, -0.1) is 0 Å². The second kappa shape index (κ2) is 7.45. The third kappa shape index (κ3) is 4.13. The summed E-state index contributed by atoms with van der Waals surface area (Å²) in [6, 6.07) is 7.25. The molecule has 8 heteroatoms. The SMILES string of the molecule is COc1ccc(C(NS(=O)(=O)c2ccc(F)c(F)c2F)C(C)C)cc1. The van der Waals surface area contributed by atoms with Crippen molar-refractivity contribution in [2.45, 2.75) is 24.8 Å². The largest absolute Gasteiger partial charge is 0.497 e. The topological polar surface area (TPSA) is 55.4 Å². The third-order valence-electron chi connectivity index (χ3n) is 3.71. The zero-order valence-corrected chi connectivity index (χ0v) is 14.7. The molecule has 0 heterocycles. The van der Waals surface area contributed by atoms with Gasteiger partial charge in [0.15, 0.2) is 17.5 Å². The molecule has 0 bridgehead atoms. The number of benzene rings is 2. The van der Waals surface area contributed by atoms with Gasteiger partial charge >= 0.3 is 0 Å². The first-order valence-corrected chi connectivity index (χ1v) is 8.95. The molecule has 0 aliphatic rings. The minimum Gasteiger partial charge on any atom is -0.497 e. The highest BCUT2D eigenvalue weighted by Crippen LogP contribution is 2.27. The first-order valence-electron chi connectivity index (χ1n) is 7.47. The van der Waals surface area contributed by atoms with Crippen molar-refractivity contribution >= 4 is 10.0 Å². The highest BCUT2D eigenvalue weighted by Gasteiger charge is 2.28. The van der Waals surface area contributed by atoms with E-state index >= 15 is 0 Å². The third-order valence-corrected chi connectivity index (χ3v) is 5.17. The van der Waals surface area contributed by atoms with Crippen LogP contribution in [0.1, 0.15) is 25.5 Å². The molecule has 4 nitrogen and oxygen atoms in total. The van der Waals surface area contributed by atoms with Gasteiger partial charge in [0, 0.05) is 6.04 Å². The zero-order chi connectivity index (χ0) is 18.8. The maximum atomic E-state index is 13.9. The van der Waals surface area contributed by atoms with Crippen LogP contribution in [-0.4, -0.2) is 15.5 Å². The van der Waals surface area contributed by atoms with E-state index in [1.54, 1.807) is 38.1 Å². The molecule has 25 heavy (non-hydrogen) atoms. The minimum absolute atomic E-state index is 0.184. The molecule has 0 spiro atoms. The van der Waals surface area contributed by atoms with E-state index in [4.69, 9.17) is 4.74 Å². The van der Waals surface area contributed by atoms with Crippen LogP contribution in [0.2, 0.25) is 0 Å². The first-order chi connectivity index (χ1) is 11.7. The van der Waals surface area contributed by atoms with Crippen LogP contribution < -0.4 is 9.46 Å². The van der Waals surface area contributed by atoms with E-state index in [9.17, 15) is 21.6 Å². The fraction of sp³-hybridized carbons (Fsp3) is 0.294. The van der Waals surface area contributed by atoms with Gasteiger partial charge in [0.05, 0.1) is 7.11 Å². The summed E-state index contributed by atoms with van der Waals surface area (Å²) in [6.45, 7) is 3.55. The van der Waals surface area contributed by atoms with E-state index in [1.807, 2.05) is 0 Å². The van der Waals surface area contributed by atoms with Crippen LogP contribution in [0.4, 0.5) is 13.2 Å². The summed E-state index contributed by atoms with van der Waals surface area (Å²) in [6.07, 6.45) is 0. The number of rotatable bonds is 6. The Balaban J connectivity index is 2.39. The molecule has 0 saturated heterocycles. The monoisotopic (exact) mass is 373 g/mol. The van der Waals surface area contributed by atoms with Crippen LogP contribution in [0, 0.1) is 23.4 Å². The van der Waals surface area contributed by atoms with Gasteiger partial charge in [0.25, 0.3) is 0 Å². The lowest BCUT2D eigenvalue weighted by atomic mass is 9.97. The Morgan fingerprint density at radius 3 is 2.08 bits per heavy atom. The van der Waals surface area contributed by atoms with E-state index < -0.39 is 38.4 Å². The fourth-order valence-corrected chi connectivity index (χ4v) is 3.79. The van der Waals surface area contributed by atoms with Crippen molar-refractivity contribution in [3.63, 3.8) is 0 Å². The lowest BCUT2D eigenvalue weighted by Gasteiger charge is -2.23. The van der Waals surface area contributed by atoms with Crippen molar-refractivity contribution in [3.8, 4) is 5.75 Å². The number of nitrogens with one attached hydrogen (secondary N) is 1. The summed E-state index contributed by atoms with van der Waals surface area (Å²) in [4.78, 5) is -0.939. The first kappa shape index (κ1) is 19.3. The molecule has 1 unspecified atom stereocenters. The van der Waals surface area contributed by atoms with Gasteiger partial charge in [-0.25, -0.2) is 26.3 Å². The fourth-order valence-electron chi connectivity index (χ4n) is 2.35. The van der Waals surface area contributed by atoms with Gasteiger partial charge in [-0.1, -0.05) is 26.0 Å². The van der Waals surface area contributed by atoms with Crippen LogP contribution in [0.3, 0.4) is 0 Å². The molecule has 0 fully saturated rings.